The molecule has 0 aliphatic heterocycles. The zero-order valence-corrected chi connectivity index (χ0v) is 13.8. The molecule has 1 atom stereocenters. The summed E-state index contributed by atoms with van der Waals surface area (Å²) in [7, 11) is 0. The average molecular weight is 385 g/mol. The number of rotatable bonds is 6. The molecule has 2 N–H and O–H groups in total. The second-order valence-corrected chi connectivity index (χ2v) is 6.14. The topological polar surface area (TPSA) is 88.5 Å². The van der Waals surface area contributed by atoms with E-state index in [2.05, 4.69) is 25.6 Å². The third-order valence-electron chi connectivity index (χ3n) is 2.79. The summed E-state index contributed by atoms with van der Waals surface area (Å²) < 4.78 is 9.69. The number of carbonyl (C=O) groups excluding carboxylic acids is 1. The highest BCUT2D eigenvalue weighted by Crippen LogP contribution is 2.21. The van der Waals surface area contributed by atoms with Crippen molar-refractivity contribution >= 4 is 39.5 Å². The van der Waals surface area contributed by atoms with Crippen molar-refractivity contribution in [3.8, 4) is 0 Å². The molecular weight excluding hydrogens is 372 g/mol. The SMILES string of the molecule is O=C(NC(Cc1sncc1Br)C(=O)O)OCc1ccccc1. The normalized spacial score (nSPS) is 11.7. The maximum Gasteiger partial charge on any atom is 0.408 e. The van der Waals surface area contributed by atoms with E-state index in [1.165, 1.54) is 11.5 Å². The minimum atomic E-state index is -1.13. The van der Waals surface area contributed by atoms with Crippen molar-refractivity contribution in [2.24, 2.45) is 0 Å². The van der Waals surface area contributed by atoms with Crippen molar-refractivity contribution in [2.75, 3.05) is 0 Å². The first-order valence-corrected chi connectivity index (χ1v) is 7.92. The first-order chi connectivity index (χ1) is 10.6. The summed E-state index contributed by atoms with van der Waals surface area (Å²) in [6.07, 6.45) is 0.963. The van der Waals surface area contributed by atoms with Gasteiger partial charge in [-0.2, -0.15) is 4.37 Å². The van der Waals surface area contributed by atoms with Gasteiger partial charge in [0.05, 0.1) is 10.7 Å². The molecule has 0 saturated carbocycles. The second-order valence-electron chi connectivity index (χ2n) is 4.40. The summed E-state index contributed by atoms with van der Waals surface area (Å²) in [4.78, 5) is 23.7. The van der Waals surface area contributed by atoms with E-state index < -0.39 is 18.1 Å². The van der Waals surface area contributed by atoms with Gasteiger partial charge in [0.25, 0.3) is 0 Å². The van der Waals surface area contributed by atoms with Gasteiger partial charge in [0.1, 0.15) is 12.6 Å². The van der Waals surface area contributed by atoms with Crippen LogP contribution in [0, 0.1) is 0 Å². The molecule has 2 aromatic rings. The predicted molar refractivity (Wildman–Crippen MR) is 84.7 cm³/mol. The Morgan fingerprint density at radius 3 is 2.68 bits per heavy atom. The number of nitrogens with one attached hydrogen (secondary N) is 1. The van der Waals surface area contributed by atoms with Gasteiger partial charge < -0.3 is 15.2 Å². The fourth-order valence-corrected chi connectivity index (χ4v) is 2.96. The number of aromatic nitrogens is 1. The lowest BCUT2D eigenvalue weighted by Gasteiger charge is -2.14. The largest absolute Gasteiger partial charge is 0.480 e. The van der Waals surface area contributed by atoms with Gasteiger partial charge in [0, 0.05) is 11.3 Å². The number of halogens is 1. The number of carboxylic acids is 1. The van der Waals surface area contributed by atoms with Crippen LogP contribution in [0.25, 0.3) is 0 Å². The zero-order valence-electron chi connectivity index (χ0n) is 11.4. The van der Waals surface area contributed by atoms with Crippen molar-refractivity contribution in [2.45, 2.75) is 19.1 Å². The number of carbonyl (C=O) groups is 2. The molecule has 22 heavy (non-hydrogen) atoms. The molecule has 0 aliphatic carbocycles. The molecule has 0 radical (unpaired) electrons. The van der Waals surface area contributed by atoms with E-state index in [4.69, 9.17) is 4.74 Å². The highest BCUT2D eigenvalue weighted by molar-refractivity contribution is 9.10. The number of nitrogens with zero attached hydrogens (tertiary/aromatic N) is 1. The van der Waals surface area contributed by atoms with Gasteiger partial charge in [-0.1, -0.05) is 30.3 Å². The Labute approximate surface area is 139 Å². The molecule has 1 amide bonds. The average Bonchev–Trinajstić information content (AvgIpc) is 2.91. The van der Waals surface area contributed by atoms with E-state index >= 15 is 0 Å². The van der Waals surface area contributed by atoms with Crippen LogP contribution >= 0.6 is 27.5 Å². The molecule has 0 bridgehead atoms. The van der Waals surface area contributed by atoms with Gasteiger partial charge in [-0.05, 0) is 33.0 Å². The van der Waals surface area contributed by atoms with Gasteiger partial charge >= 0.3 is 12.1 Å². The minimum absolute atomic E-state index is 0.0866. The van der Waals surface area contributed by atoms with Gasteiger partial charge in [-0.3, -0.25) is 0 Å². The van der Waals surface area contributed by atoms with E-state index in [0.29, 0.717) is 0 Å². The Morgan fingerprint density at radius 2 is 2.09 bits per heavy atom. The number of amides is 1. The van der Waals surface area contributed by atoms with E-state index in [1.807, 2.05) is 30.3 Å². The minimum Gasteiger partial charge on any atom is -0.480 e. The maximum absolute atomic E-state index is 11.7. The van der Waals surface area contributed by atoms with Crippen molar-refractivity contribution in [3.05, 3.63) is 51.4 Å². The molecule has 0 spiro atoms. The number of aliphatic carboxylic acids is 1. The highest BCUT2D eigenvalue weighted by Gasteiger charge is 2.23. The highest BCUT2D eigenvalue weighted by atomic mass is 79.9. The first kappa shape index (κ1) is 16.4. The fraction of sp³-hybridized carbons (Fsp3) is 0.214. The fourth-order valence-electron chi connectivity index (χ4n) is 1.68. The number of ether oxygens (including phenoxy) is 1. The summed E-state index contributed by atoms with van der Waals surface area (Å²) in [5, 5.41) is 11.5. The third-order valence-corrected chi connectivity index (χ3v) is 4.55. The molecular formula is C14H13BrN2O4S. The number of alkyl carbamates (subject to hydrolysis) is 1. The number of carboxylic acid groups (broad SMARTS) is 1. The Hall–Kier alpha value is -1.93. The number of hydrogen-bond donors (Lipinski definition) is 2. The van der Waals surface area contributed by atoms with Crippen LogP contribution in [0.5, 0.6) is 0 Å². The van der Waals surface area contributed by atoms with Crippen LogP contribution in [0.15, 0.2) is 41.0 Å². The molecule has 1 heterocycles. The second kappa shape index (κ2) is 7.90. The van der Waals surface area contributed by atoms with Crippen LogP contribution in [0.1, 0.15) is 10.4 Å². The van der Waals surface area contributed by atoms with Crippen LogP contribution in [0.4, 0.5) is 4.79 Å². The van der Waals surface area contributed by atoms with E-state index in [-0.39, 0.29) is 13.0 Å². The van der Waals surface area contributed by atoms with Crippen LogP contribution in [-0.2, 0) is 22.6 Å². The molecule has 116 valence electrons. The molecule has 0 aliphatic rings. The van der Waals surface area contributed by atoms with Crippen molar-refractivity contribution < 1.29 is 19.4 Å². The molecule has 1 aromatic carbocycles. The maximum atomic E-state index is 11.7. The third kappa shape index (κ3) is 4.81. The quantitative estimate of drug-likeness (QED) is 0.799. The molecule has 0 saturated heterocycles. The lowest BCUT2D eigenvalue weighted by Crippen LogP contribution is -2.42. The molecule has 1 aromatic heterocycles. The van der Waals surface area contributed by atoms with Crippen LogP contribution in [0.2, 0.25) is 0 Å². The summed E-state index contributed by atoms with van der Waals surface area (Å²) >= 11 is 4.46. The Bertz CT molecular complexity index is 647. The number of hydrogen-bond acceptors (Lipinski definition) is 5. The van der Waals surface area contributed by atoms with E-state index in [0.717, 1.165) is 14.9 Å². The van der Waals surface area contributed by atoms with E-state index in [9.17, 15) is 14.7 Å². The van der Waals surface area contributed by atoms with Crippen LogP contribution in [-0.4, -0.2) is 27.6 Å². The van der Waals surface area contributed by atoms with Gasteiger partial charge in [-0.15, -0.1) is 0 Å². The molecule has 8 heteroatoms. The monoisotopic (exact) mass is 384 g/mol. The van der Waals surface area contributed by atoms with Crippen LogP contribution < -0.4 is 5.32 Å². The molecule has 2 rings (SSSR count). The lowest BCUT2D eigenvalue weighted by atomic mass is 10.2. The predicted octanol–water partition coefficient (Wildman–Crippen LogP) is 2.83. The zero-order chi connectivity index (χ0) is 15.9. The van der Waals surface area contributed by atoms with Gasteiger partial charge in [0.2, 0.25) is 0 Å². The Morgan fingerprint density at radius 1 is 1.36 bits per heavy atom. The summed E-state index contributed by atoms with van der Waals surface area (Å²) in [5.41, 5.74) is 0.828. The van der Waals surface area contributed by atoms with Crippen LogP contribution in [0.3, 0.4) is 0 Å². The number of benzene rings is 1. The van der Waals surface area contributed by atoms with Gasteiger partial charge in [-0.25, -0.2) is 9.59 Å². The summed E-state index contributed by atoms with van der Waals surface area (Å²) in [6, 6.07) is 8.08. The van der Waals surface area contributed by atoms with E-state index in [1.54, 1.807) is 6.20 Å². The van der Waals surface area contributed by atoms with Gasteiger partial charge in [0.15, 0.2) is 0 Å². The summed E-state index contributed by atoms with van der Waals surface area (Å²) in [5.74, 6) is -1.13. The standard InChI is InChI=1S/C14H13BrN2O4S/c15-10-7-16-22-12(10)6-11(13(18)19)17-14(20)21-8-9-4-2-1-3-5-9/h1-5,7,11H,6,8H2,(H,17,20)(H,18,19). The summed E-state index contributed by atoms with van der Waals surface area (Å²) in [6.45, 7) is 0.0866. The lowest BCUT2D eigenvalue weighted by molar-refractivity contribution is -0.139. The van der Waals surface area contributed by atoms with Crippen molar-refractivity contribution in [1.29, 1.82) is 0 Å². The molecule has 1 unspecified atom stereocenters. The smallest absolute Gasteiger partial charge is 0.408 e. The molecule has 0 fully saturated rings. The molecule has 6 nitrogen and oxygen atoms in total. The van der Waals surface area contributed by atoms with Crippen molar-refractivity contribution in [1.82, 2.24) is 9.69 Å². The Balaban J connectivity index is 1.89. The van der Waals surface area contributed by atoms with Crippen molar-refractivity contribution in [3.63, 3.8) is 0 Å². The first-order valence-electron chi connectivity index (χ1n) is 6.35. The Kier molecular flexibility index (Phi) is 5.91.